The van der Waals surface area contributed by atoms with Crippen LogP contribution in [0.1, 0.15) is 43.4 Å². The number of aromatic amines is 1. The lowest BCUT2D eigenvalue weighted by Gasteiger charge is -2.26. The maximum absolute atomic E-state index is 12.6. The van der Waals surface area contributed by atoms with Gasteiger partial charge in [-0.15, -0.1) is 4.40 Å². The molecule has 0 unspecified atom stereocenters. The summed E-state index contributed by atoms with van der Waals surface area (Å²) in [4.78, 5) is 15.2. The molecule has 5 rings (SSSR count). The minimum atomic E-state index is -3.98. The summed E-state index contributed by atoms with van der Waals surface area (Å²) in [6.45, 7) is 2.17. The normalized spacial score (nSPS) is 17.2. The average molecular weight is 467 g/mol. The molecule has 2 heterocycles. The molecule has 0 atom stereocenters. The van der Waals surface area contributed by atoms with E-state index >= 15 is 0 Å². The van der Waals surface area contributed by atoms with E-state index in [0.29, 0.717) is 12.1 Å². The van der Waals surface area contributed by atoms with Gasteiger partial charge < -0.3 is 15.0 Å². The molecule has 0 saturated heterocycles. The fourth-order valence-electron chi connectivity index (χ4n) is 4.14. The maximum atomic E-state index is 12.6. The Morgan fingerprint density at radius 1 is 1.27 bits per heavy atom. The first-order valence-electron chi connectivity index (χ1n) is 10.7. The van der Waals surface area contributed by atoms with E-state index < -0.39 is 17.1 Å². The van der Waals surface area contributed by atoms with Crippen LogP contribution in [0.5, 0.6) is 0 Å². The van der Waals surface area contributed by atoms with Gasteiger partial charge in [-0.1, -0.05) is 18.2 Å². The lowest BCUT2D eigenvalue weighted by atomic mass is 9.80. The first-order chi connectivity index (χ1) is 15.8. The largest absolute Gasteiger partial charge is 0.488 e. The Balaban J connectivity index is 1.49. The van der Waals surface area contributed by atoms with Gasteiger partial charge in [0, 0.05) is 18.2 Å². The van der Waals surface area contributed by atoms with Crippen LogP contribution in [-0.2, 0) is 10.0 Å². The van der Waals surface area contributed by atoms with Crippen LogP contribution in [0.3, 0.4) is 0 Å². The number of aromatic nitrogens is 2. The van der Waals surface area contributed by atoms with Crippen molar-refractivity contribution in [1.82, 2.24) is 14.6 Å². The zero-order chi connectivity index (χ0) is 23.3. The highest BCUT2D eigenvalue weighted by atomic mass is 32.2. The van der Waals surface area contributed by atoms with Crippen molar-refractivity contribution in [2.75, 3.05) is 6.54 Å². The Morgan fingerprint density at radius 2 is 2.06 bits per heavy atom. The van der Waals surface area contributed by atoms with Gasteiger partial charge in [0.2, 0.25) is 0 Å². The van der Waals surface area contributed by atoms with Gasteiger partial charge in [-0.3, -0.25) is 4.57 Å². The van der Waals surface area contributed by atoms with E-state index in [0.717, 1.165) is 35.9 Å². The molecular formula is C21H22BN5O5S. The summed E-state index contributed by atoms with van der Waals surface area (Å²) >= 11 is 0. The van der Waals surface area contributed by atoms with Gasteiger partial charge in [-0.05, 0) is 55.4 Å². The summed E-state index contributed by atoms with van der Waals surface area (Å²) in [6.07, 6.45) is 4.68. The zero-order valence-electron chi connectivity index (χ0n) is 17.8. The average Bonchev–Trinajstić information content (AvgIpc) is 3.20. The minimum Gasteiger partial charge on any atom is -0.423 e. The van der Waals surface area contributed by atoms with Crippen LogP contribution < -0.4 is 11.2 Å². The van der Waals surface area contributed by atoms with Crippen LogP contribution >= 0.6 is 0 Å². The number of H-pyrrole nitrogens is 1. The summed E-state index contributed by atoms with van der Waals surface area (Å²) in [7, 11) is -5.76. The van der Waals surface area contributed by atoms with E-state index in [9.17, 15) is 23.3 Å². The van der Waals surface area contributed by atoms with E-state index in [2.05, 4.69) is 14.5 Å². The Bertz CT molecular complexity index is 1470. The van der Waals surface area contributed by atoms with Gasteiger partial charge in [-0.2, -0.15) is 13.5 Å². The summed E-state index contributed by atoms with van der Waals surface area (Å²) in [5.74, 6) is 0.164. The highest BCUT2D eigenvalue weighted by molar-refractivity contribution is 7.90. The SMILES string of the molecule is CCN(/N=C/c1ccc2[nH]c(=O)n(C3CCC3)c2c1)C1=NS(=O)(=O)c2cc(B(O)O)ccc21. The van der Waals surface area contributed by atoms with Crippen molar-refractivity contribution < 1.29 is 18.5 Å². The first kappa shape index (κ1) is 21.6. The first-order valence-corrected chi connectivity index (χ1v) is 12.1. The molecule has 0 amide bonds. The van der Waals surface area contributed by atoms with Crippen molar-refractivity contribution in [3.8, 4) is 0 Å². The van der Waals surface area contributed by atoms with Gasteiger partial charge in [0.15, 0.2) is 5.84 Å². The predicted molar refractivity (Wildman–Crippen MR) is 125 cm³/mol. The van der Waals surface area contributed by atoms with Crippen LogP contribution in [0.4, 0.5) is 0 Å². The third kappa shape index (κ3) is 3.69. The number of hydrogen-bond acceptors (Lipinski definition) is 7. The fourth-order valence-corrected chi connectivity index (χ4v) is 5.39. The summed E-state index contributed by atoms with van der Waals surface area (Å²) < 4.78 is 30.8. The molecule has 1 aliphatic heterocycles. The minimum absolute atomic E-state index is 0.0673. The Morgan fingerprint density at radius 3 is 2.73 bits per heavy atom. The number of hydrazone groups is 1. The molecule has 1 aliphatic carbocycles. The molecule has 0 spiro atoms. The standard InChI is InChI=1S/C21H22BN5O5S/c1-2-26(20-16-8-7-14(22(29)30)11-19(16)33(31,32)25-20)23-12-13-6-9-17-18(10-13)27(21(28)24-17)15-4-3-5-15/h6-12,15,29-30H,2-5H2,1H3,(H,24,28)/b23-12+. The Kier molecular flexibility index (Phi) is 5.23. The smallest absolute Gasteiger partial charge is 0.423 e. The van der Waals surface area contributed by atoms with E-state index in [1.165, 1.54) is 23.2 Å². The van der Waals surface area contributed by atoms with Gasteiger partial charge in [0.25, 0.3) is 10.0 Å². The summed E-state index contributed by atoms with van der Waals surface area (Å²) in [6, 6.07) is 9.91. The van der Waals surface area contributed by atoms with Crippen molar-refractivity contribution in [2.24, 2.45) is 9.50 Å². The summed E-state index contributed by atoms with van der Waals surface area (Å²) in [5, 5.41) is 24.7. The van der Waals surface area contributed by atoms with E-state index in [1.54, 1.807) is 10.8 Å². The number of benzene rings is 2. The van der Waals surface area contributed by atoms with Gasteiger partial charge in [0.1, 0.15) is 4.90 Å². The second-order valence-electron chi connectivity index (χ2n) is 8.14. The van der Waals surface area contributed by atoms with E-state index in [1.807, 2.05) is 25.1 Å². The summed E-state index contributed by atoms with van der Waals surface area (Å²) in [5.41, 5.74) is 2.63. The second-order valence-corrected chi connectivity index (χ2v) is 9.71. The van der Waals surface area contributed by atoms with Crippen LogP contribution in [0, 0.1) is 0 Å². The molecule has 0 bridgehead atoms. The molecule has 1 saturated carbocycles. The maximum Gasteiger partial charge on any atom is 0.488 e. The van der Waals surface area contributed by atoms with Crippen molar-refractivity contribution in [2.45, 2.75) is 37.1 Å². The Labute approximate surface area is 190 Å². The van der Waals surface area contributed by atoms with Gasteiger partial charge in [-0.25, -0.2) is 9.80 Å². The van der Waals surface area contributed by atoms with Crippen molar-refractivity contribution in [1.29, 1.82) is 0 Å². The number of nitrogens with one attached hydrogen (secondary N) is 1. The number of nitrogens with zero attached hydrogens (tertiary/aromatic N) is 4. The number of hydrogen-bond donors (Lipinski definition) is 3. The number of amidine groups is 1. The molecule has 1 fully saturated rings. The van der Waals surface area contributed by atoms with Crippen molar-refractivity contribution in [3.63, 3.8) is 0 Å². The molecule has 12 heteroatoms. The van der Waals surface area contributed by atoms with Crippen LogP contribution in [-0.4, -0.2) is 58.7 Å². The molecule has 3 N–H and O–H groups in total. The topological polar surface area (TPSA) is 140 Å². The van der Waals surface area contributed by atoms with Crippen LogP contribution in [0.2, 0.25) is 0 Å². The highest BCUT2D eigenvalue weighted by Gasteiger charge is 2.33. The quantitative estimate of drug-likeness (QED) is 0.284. The fraction of sp³-hybridized carbons (Fsp3) is 0.286. The lowest BCUT2D eigenvalue weighted by molar-refractivity contribution is 0.314. The molecule has 2 aliphatic rings. The van der Waals surface area contributed by atoms with Crippen LogP contribution in [0.25, 0.3) is 11.0 Å². The molecule has 33 heavy (non-hydrogen) atoms. The highest BCUT2D eigenvalue weighted by Crippen LogP contribution is 2.32. The number of rotatable bonds is 5. The molecule has 2 aromatic carbocycles. The Hall–Kier alpha value is -3.22. The van der Waals surface area contributed by atoms with Crippen molar-refractivity contribution >= 4 is 45.7 Å². The number of sulfonamides is 1. The van der Waals surface area contributed by atoms with Crippen molar-refractivity contribution in [3.05, 3.63) is 58.0 Å². The second kappa shape index (κ2) is 7.98. The third-order valence-corrected chi connectivity index (χ3v) is 7.41. The van der Waals surface area contributed by atoms with E-state index in [4.69, 9.17) is 0 Å². The molecule has 0 radical (unpaired) electrons. The molecular weight excluding hydrogens is 445 g/mol. The molecule has 1 aromatic heterocycles. The number of imidazole rings is 1. The van der Waals surface area contributed by atoms with E-state index in [-0.39, 0.29) is 27.9 Å². The molecule has 10 nitrogen and oxygen atoms in total. The van der Waals surface area contributed by atoms with Gasteiger partial charge in [0.05, 0.1) is 17.2 Å². The zero-order valence-corrected chi connectivity index (χ0v) is 18.7. The molecule has 3 aromatic rings. The molecule has 170 valence electrons. The monoisotopic (exact) mass is 467 g/mol. The lowest BCUT2D eigenvalue weighted by Crippen LogP contribution is -2.31. The van der Waals surface area contributed by atoms with Gasteiger partial charge >= 0.3 is 12.8 Å². The van der Waals surface area contributed by atoms with Crippen LogP contribution in [0.15, 0.2) is 55.6 Å². The third-order valence-electron chi connectivity index (χ3n) is 6.10. The predicted octanol–water partition coefficient (Wildman–Crippen LogP) is 0.539. The number of fused-ring (bicyclic) bond motifs is 2.